The number of hydrogen-bond donors (Lipinski definition) is 1. The van der Waals surface area contributed by atoms with E-state index in [-0.39, 0.29) is 23.6 Å². The van der Waals surface area contributed by atoms with Gasteiger partial charge in [0.1, 0.15) is 0 Å². The third-order valence-corrected chi connectivity index (χ3v) is 5.97. The van der Waals surface area contributed by atoms with Crippen LogP contribution in [0.4, 0.5) is 0 Å². The lowest BCUT2D eigenvalue weighted by atomic mass is 9.94. The highest BCUT2D eigenvalue weighted by molar-refractivity contribution is 5.95. The largest absolute Gasteiger partial charge is 0.356 e. The zero-order chi connectivity index (χ0) is 20.6. The van der Waals surface area contributed by atoms with Crippen molar-refractivity contribution in [2.45, 2.75) is 51.9 Å². The van der Waals surface area contributed by atoms with Crippen molar-refractivity contribution >= 4 is 17.7 Å². The van der Waals surface area contributed by atoms with Crippen LogP contribution in [0.25, 0.3) is 0 Å². The van der Waals surface area contributed by atoms with E-state index in [0.717, 1.165) is 44.5 Å². The molecule has 0 aromatic carbocycles. The average molecular weight is 401 g/mol. The number of rotatable bonds is 2. The summed E-state index contributed by atoms with van der Waals surface area (Å²) in [6, 6.07) is 3.59. The maximum Gasteiger partial charge on any atom is 0.255 e. The first kappa shape index (κ1) is 21.3. The van der Waals surface area contributed by atoms with Crippen molar-refractivity contribution in [1.29, 1.82) is 0 Å². The topological polar surface area (TPSA) is 82.6 Å². The molecule has 158 valence electrons. The summed E-state index contributed by atoms with van der Waals surface area (Å²) in [5.41, 5.74) is 1.37. The van der Waals surface area contributed by atoms with E-state index in [4.69, 9.17) is 0 Å². The molecule has 0 spiro atoms. The molecule has 1 aromatic rings. The summed E-state index contributed by atoms with van der Waals surface area (Å²) in [6.07, 6.45) is 7.54. The third kappa shape index (κ3) is 5.78. The Hall–Kier alpha value is -2.44. The Morgan fingerprint density at radius 2 is 1.79 bits per heavy atom. The number of hydrogen-bond acceptors (Lipinski definition) is 4. The molecular formula is C22H32N4O3. The molecule has 2 fully saturated rings. The number of piperidine rings is 1. The molecule has 2 aliphatic rings. The van der Waals surface area contributed by atoms with Crippen LogP contribution < -0.4 is 5.32 Å². The number of aromatic nitrogens is 1. The van der Waals surface area contributed by atoms with Crippen LogP contribution in [-0.2, 0) is 9.59 Å². The molecule has 3 amide bonds. The first-order valence-corrected chi connectivity index (χ1v) is 10.8. The van der Waals surface area contributed by atoms with Crippen molar-refractivity contribution < 1.29 is 14.4 Å². The van der Waals surface area contributed by atoms with Crippen LogP contribution in [0.15, 0.2) is 18.3 Å². The predicted molar refractivity (Wildman–Crippen MR) is 110 cm³/mol. The summed E-state index contributed by atoms with van der Waals surface area (Å²) < 4.78 is 0. The minimum absolute atomic E-state index is 0.00609. The summed E-state index contributed by atoms with van der Waals surface area (Å²) in [6.45, 7) is 4.94. The van der Waals surface area contributed by atoms with Gasteiger partial charge in [-0.15, -0.1) is 0 Å². The summed E-state index contributed by atoms with van der Waals surface area (Å²) in [7, 11) is 0. The molecule has 1 aromatic heterocycles. The van der Waals surface area contributed by atoms with Gasteiger partial charge in [0, 0.05) is 57.0 Å². The van der Waals surface area contributed by atoms with Gasteiger partial charge in [0.25, 0.3) is 5.91 Å². The fourth-order valence-electron chi connectivity index (χ4n) is 4.13. The maximum absolute atomic E-state index is 13.1. The van der Waals surface area contributed by atoms with E-state index in [0.29, 0.717) is 44.5 Å². The van der Waals surface area contributed by atoms with Crippen LogP contribution >= 0.6 is 0 Å². The van der Waals surface area contributed by atoms with E-state index < -0.39 is 0 Å². The molecule has 0 atom stereocenters. The van der Waals surface area contributed by atoms with Gasteiger partial charge in [0.15, 0.2) is 0 Å². The third-order valence-electron chi connectivity index (χ3n) is 5.97. The molecule has 0 aliphatic carbocycles. The number of carbonyl (C=O) groups excluding carboxylic acids is 3. The molecule has 0 bridgehead atoms. The molecule has 7 nitrogen and oxygen atoms in total. The first-order chi connectivity index (χ1) is 14.1. The quantitative estimate of drug-likeness (QED) is 0.825. The molecule has 7 heteroatoms. The van der Waals surface area contributed by atoms with Crippen molar-refractivity contribution in [3.05, 3.63) is 29.6 Å². The van der Waals surface area contributed by atoms with E-state index in [1.165, 1.54) is 0 Å². The number of pyridine rings is 1. The number of nitrogens with one attached hydrogen (secondary N) is 1. The van der Waals surface area contributed by atoms with Crippen LogP contribution in [0.2, 0.25) is 0 Å². The smallest absolute Gasteiger partial charge is 0.255 e. The van der Waals surface area contributed by atoms with Crippen LogP contribution in [0, 0.1) is 12.8 Å². The van der Waals surface area contributed by atoms with Gasteiger partial charge in [-0.05, 0) is 44.7 Å². The second-order valence-corrected chi connectivity index (χ2v) is 8.04. The van der Waals surface area contributed by atoms with Crippen molar-refractivity contribution in [1.82, 2.24) is 20.1 Å². The normalized spacial score (nSPS) is 20.0. The predicted octanol–water partition coefficient (Wildman–Crippen LogP) is 2.15. The highest BCUT2D eigenvalue weighted by atomic mass is 16.2. The molecule has 1 N–H and O–H groups in total. The average Bonchev–Trinajstić information content (AvgIpc) is 2.79. The van der Waals surface area contributed by atoms with Crippen LogP contribution in [0.5, 0.6) is 0 Å². The lowest BCUT2D eigenvalue weighted by Gasteiger charge is -2.34. The monoisotopic (exact) mass is 400 g/mol. The van der Waals surface area contributed by atoms with Crippen LogP contribution in [-0.4, -0.2) is 65.2 Å². The minimum Gasteiger partial charge on any atom is -0.356 e. The van der Waals surface area contributed by atoms with Crippen LogP contribution in [0.1, 0.15) is 61.0 Å². The number of aryl methyl sites for hydroxylation is 1. The Morgan fingerprint density at radius 1 is 1.03 bits per heavy atom. The summed E-state index contributed by atoms with van der Waals surface area (Å²) in [4.78, 5) is 45.7. The molecule has 2 saturated heterocycles. The second-order valence-electron chi connectivity index (χ2n) is 8.04. The maximum atomic E-state index is 13.1. The Morgan fingerprint density at radius 3 is 2.55 bits per heavy atom. The summed E-state index contributed by atoms with van der Waals surface area (Å²) in [5.74, 6) is 0.0920. The zero-order valence-corrected chi connectivity index (χ0v) is 17.4. The Labute approximate surface area is 172 Å². The van der Waals surface area contributed by atoms with E-state index in [1.54, 1.807) is 18.3 Å². The van der Waals surface area contributed by atoms with Crippen molar-refractivity contribution in [3.8, 4) is 0 Å². The van der Waals surface area contributed by atoms with E-state index in [9.17, 15) is 14.4 Å². The number of nitrogens with zero attached hydrogens (tertiary/aromatic N) is 3. The highest BCUT2D eigenvalue weighted by Crippen LogP contribution is 2.22. The fraction of sp³-hybridized carbons (Fsp3) is 0.636. The van der Waals surface area contributed by atoms with Gasteiger partial charge in [-0.3, -0.25) is 19.4 Å². The Balaban J connectivity index is 1.55. The van der Waals surface area contributed by atoms with Crippen molar-refractivity contribution in [2.75, 3.05) is 32.7 Å². The highest BCUT2D eigenvalue weighted by Gasteiger charge is 2.31. The summed E-state index contributed by atoms with van der Waals surface area (Å²) in [5, 5.41) is 2.93. The molecule has 3 heterocycles. The van der Waals surface area contributed by atoms with Crippen LogP contribution in [0.3, 0.4) is 0 Å². The van der Waals surface area contributed by atoms with E-state index in [1.807, 2.05) is 16.7 Å². The molecular weight excluding hydrogens is 368 g/mol. The first-order valence-electron chi connectivity index (χ1n) is 10.8. The minimum atomic E-state index is -0.0674. The fourth-order valence-corrected chi connectivity index (χ4v) is 4.13. The molecule has 0 saturated carbocycles. The van der Waals surface area contributed by atoms with E-state index >= 15 is 0 Å². The Bertz CT molecular complexity index is 729. The molecule has 3 rings (SSSR count). The Kier molecular flexibility index (Phi) is 7.61. The lowest BCUT2D eigenvalue weighted by Crippen LogP contribution is -2.45. The van der Waals surface area contributed by atoms with Gasteiger partial charge in [0.2, 0.25) is 11.8 Å². The van der Waals surface area contributed by atoms with Gasteiger partial charge in [-0.2, -0.15) is 0 Å². The van der Waals surface area contributed by atoms with Crippen molar-refractivity contribution in [2.24, 2.45) is 5.92 Å². The van der Waals surface area contributed by atoms with Gasteiger partial charge in [-0.25, -0.2) is 0 Å². The zero-order valence-electron chi connectivity index (χ0n) is 17.4. The van der Waals surface area contributed by atoms with E-state index in [2.05, 4.69) is 10.3 Å². The van der Waals surface area contributed by atoms with Gasteiger partial charge < -0.3 is 15.1 Å². The number of likely N-dealkylation sites (tertiary alicyclic amines) is 1. The molecule has 0 radical (unpaired) electrons. The molecule has 29 heavy (non-hydrogen) atoms. The number of carbonyl (C=O) groups is 3. The van der Waals surface area contributed by atoms with Gasteiger partial charge in [0.05, 0.1) is 5.56 Å². The second kappa shape index (κ2) is 10.4. The standard InChI is InChI=1S/C22H32N4O3/c1-17-19(7-6-12-23-17)22(29)26-14-8-18(9-15-26)21(28)25-13-5-3-2-4-11-24-20(27)10-16-25/h6-7,12,18H,2-5,8-11,13-16H2,1H3,(H,24,27). The molecule has 2 aliphatic heterocycles. The van der Waals surface area contributed by atoms with Gasteiger partial charge in [-0.1, -0.05) is 12.8 Å². The van der Waals surface area contributed by atoms with Gasteiger partial charge >= 0.3 is 0 Å². The number of amides is 3. The molecule has 0 unspecified atom stereocenters. The summed E-state index contributed by atoms with van der Waals surface area (Å²) >= 11 is 0. The van der Waals surface area contributed by atoms with Crippen molar-refractivity contribution in [3.63, 3.8) is 0 Å². The SMILES string of the molecule is Cc1ncccc1C(=O)N1CCC(C(=O)N2CCCCCCNC(=O)CC2)CC1. The lowest BCUT2D eigenvalue weighted by molar-refractivity contribution is -0.137.